The fourth-order valence-electron chi connectivity index (χ4n) is 1.97. The van der Waals surface area contributed by atoms with E-state index in [2.05, 4.69) is 30.3 Å². The Labute approximate surface area is 104 Å². The van der Waals surface area contributed by atoms with Gasteiger partial charge in [-0.1, -0.05) is 0 Å². The van der Waals surface area contributed by atoms with Crippen molar-refractivity contribution in [1.29, 1.82) is 5.26 Å². The van der Waals surface area contributed by atoms with E-state index in [-0.39, 0.29) is 11.5 Å². The normalized spacial score (nSPS) is 13.5. The summed E-state index contributed by atoms with van der Waals surface area (Å²) < 4.78 is 1.90. The van der Waals surface area contributed by atoms with E-state index < -0.39 is 0 Å². The number of aryl methyl sites for hydroxylation is 2. The van der Waals surface area contributed by atoms with Crippen molar-refractivity contribution in [2.75, 3.05) is 6.54 Å². The van der Waals surface area contributed by atoms with E-state index in [1.54, 1.807) is 0 Å². The van der Waals surface area contributed by atoms with Gasteiger partial charge in [-0.15, -0.1) is 0 Å². The van der Waals surface area contributed by atoms with Crippen molar-refractivity contribution in [2.24, 2.45) is 12.5 Å². The number of rotatable bonds is 4. The smallest absolute Gasteiger partial charge is 0.0697 e. The Bertz CT molecular complexity index is 437. The molecule has 1 heterocycles. The molecule has 0 saturated heterocycles. The highest BCUT2D eigenvalue weighted by atomic mass is 15.3. The van der Waals surface area contributed by atoms with Gasteiger partial charge in [0.05, 0.1) is 17.2 Å². The first-order valence-electron chi connectivity index (χ1n) is 5.93. The zero-order valence-electron chi connectivity index (χ0n) is 11.6. The molecule has 0 saturated carbocycles. The van der Waals surface area contributed by atoms with Crippen LogP contribution in [0.2, 0.25) is 0 Å². The van der Waals surface area contributed by atoms with Crippen LogP contribution in [0.5, 0.6) is 0 Å². The third kappa shape index (κ3) is 3.07. The van der Waals surface area contributed by atoms with Crippen LogP contribution >= 0.6 is 0 Å². The van der Waals surface area contributed by atoms with Crippen LogP contribution in [0.25, 0.3) is 0 Å². The number of aromatic nitrogens is 2. The van der Waals surface area contributed by atoms with Crippen molar-refractivity contribution >= 4 is 0 Å². The molecule has 0 spiro atoms. The van der Waals surface area contributed by atoms with Crippen LogP contribution in [0.3, 0.4) is 0 Å². The van der Waals surface area contributed by atoms with Crippen LogP contribution in [0.4, 0.5) is 0 Å². The van der Waals surface area contributed by atoms with Crippen LogP contribution < -0.4 is 5.32 Å². The highest BCUT2D eigenvalue weighted by Crippen LogP contribution is 2.22. The Hall–Kier alpha value is -1.34. The van der Waals surface area contributed by atoms with Crippen LogP contribution in [0.1, 0.15) is 43.8 Å². The average Bonchev–Trinajstić information content (AvgIpc) is 2.50. The summed E-state index contributed by atoms with van der Waals surface area (Å²) in [6.07, 6.45) is 0. The summed E-state index contributed by atoms with van der Waals surface area (Å²) in [5, 5.41) is 16.8. The zero-order valence-corrected chi connectivity index (χ0v) is 11.6. The molecule has 4 heteroatoms. The SMILES string of the molecule is Cc1nn(C)c(C)c1C(C)NCC(C)(C)C#N. The minimum atomic E-state index is -0.335. The van der Waals surface area contributed by atoms with E-state index in [0.29, 0.717) is 6.54 Å². The molecule has 94 valence electrons. The number of hydrogen-bond donors (Lipinski definition) is 1. The first-order valence-corrected chi connectivity index (χ1v) is 5.93. The lowest BCUT2D eigenvalue weighted by Gasteiger charge is -2.21. The van der Waals surface area contributed by atoms with Crippen LogP contribution in [0.15, 0.2) is 0 Å². The predicted molar refractivity (Wildman–Crippen MR) is 68.5 cm³/mol. The molecule has 0 aliphatic rings. The van der Waals surface area contributed by atoms with Crippen molar-refractivity contribution in [1.82, 2.24) is 15.1 Å². The van der Waals surface area contributed by atoms with E-state index in [4.69, 9.17) is 5.26 Å². The minimum Gasteiger partial charge on any atom is -0.308 e. The molecule has 1 rings (SSSR count). The molecule has 4 nitrogen and oxygen atoms in total. The van der Waals surface area contributed by atoms with E-state index in [0.717, 1.165) is 5.69 Å². The van der Waals surface area contributed by atoms with Crippen molar-refractivity contribution in [3.63, 3.8) is 0 Å². The van der Waals surface area contributed by atoms with Gasteiger partial charge in [0.25, 0.3) is 0 Å². The number of hydrogen-bond acceptors (Lipinski definition) is 3. The molecule has 0 bridgehead atoms. The largest absolute Gasteiger partial charge is 0.308 e. The maximum absolute atomic E-state index is 8.98. The van der Waals surface area contributed by atoms with Gasteiger partial charge in [0.1, 0.15) is 0 Å². The highest BCUT2D eigenvalue weighted by molar-refractivity contribution is 5.27. The standard InChI is InChI=1S/C13H22N4/c1-9(15-8-13(4,5)7-14)12-10(2)16-17(6)11(12)3/h9,15H,8H2,1-6H3. The average molecular weight is 234 g/mol. The Morgan fingerprint density at radius 2 is 2.06 bits per heavy atom. The molecule has 0 aromatic carbocycles. The Kier molecular flexibility index (Phi) is 3.94. The van der Waals surface area contributed by atoms with Crippen LogP contribution in [0, 0.1) is 30.6 Å². The molecule has 1 unspecified atom stereocenters. The summed E-state index contributed by atoms with van der Waals surface area (Å²) in [5.74, 6) is 0. The van der Waals surface area contributed by atoms with Gasteiger partial charge in [0.2, 0.25) is 0 Å². The maximum atomic E-state index is 8.98. The van der Waals surface area contributed by atoms with Crippen LogP contribution in [-0.4, -0.2) is 16.3 Å². The summed E-state index contributed by atoms with van der Waals surface area (Å²) in [6, 6.07) is 2.52. The first kappa shape index (κ1) is 13.7. The van der Waals surface area contributed by atoms with Gasteiger partial charge in [-0.3, -0.25) is 4.68 Å². The molecule has 0 amide bonds. The van der Waals surface area contributed by atoms with Crippen LogP contribution in [-0.2, 0) is 7.05 Å². The summed E-state index contributed by atoms with van der Waals surface area (Å²) in [4.78, 5) is 0. The van der Waals surface area contributed by atoms with Crippen molar-refractivity contribution < 1.29 is 0 Å². The molecule has 1 N–H and O–H groups in total. The number of nitrogens with one attached hydrogen (secondary N) is 1. The van der Waals surface area contributed by atoms with E-state index in [9.17, 15) is 0 Å². The second kappa shape index (κ2) is 4.89. The molecule has 17 heavy (non-hydrogen) atoms. The lowest BCUT2D eigenvalue weighted by atomic mass is 9.95. The molecule has 1 atom stereocenters. The summed E-state index contributed by atoms with van der Waals surface area (Å²) >= 11 is 0. The molecule has 1 aromatic heterocycles. The quantitative estimate of drug-likeness (QED) is 0.869. The lowest BCUT2D eigenvalue weighted by Crippen LogP contribution is -2.30. The Morgan fingerprint density at radius 3 is 2.47 bits per heavy atom. The summed E-state index contributed by atoms with van der Waals surface area (Å²) in [5.41, 5.74) is 3.14. The Morgan fingerprint density at radius 1 is 1.47 bits per heavy atom. The molecule has 0 aliphatic heterocycles. The predicted octanol–water partition coefficient (Wildman–Crippen LogP) is 2.24. The Balaban J connectivity index is 2.78. The fourth-order valence-corrected chi connectivity index (χ4v) is 1.97. The highest BCUT2D eigenvalue weighted by Gasteiger charge is 2.20. The van der Waals surface area contributed by atoms with Gasteiger partial charge in [-0.25, -0.2) is 0 Å². The van der Waals surface area contributed by atoms with Gasteiger partial charge in [-0.2, -0.15) is 10.4 Å². The number of nitrogens with zero attached hydrogens (tertiary/aromatic N) is 3. The molecule has 0 radical (unpaired) electrons. The second-order valence-corrected chi connectivity index (χ2v) is 5.31. The van der Waals surface area contributed by atoms with Gasteiger partial charge in [0.15, 0.2) is 0 Å². The topological polar surface area (TPSA) is 53.6 Å². The third-order valence-electron chi connectivity index (χ3n) is 3.15. The third-order valence-corrected chi connectivity index (χ3v) is 3.15. The lowest BCUT2D eigenvalue weighted by molar-refractivity contribution is 0.414. The van der Waals surface area contributed by atoms with Gasteiger partial charge >= 0.3 is 0 Å². The molecular weight excluding hydrogens is 212 g/mol. The van der Waals surface area contributed by atoms with Gasteiger partial charge in [0, 0.05) is 30.9 Å². The van der Waals surface area contributed by atoms with Gasteiger partial charge in [-0.05, 0) is 34.6 Å². The molecule has 0 fully saturated rings. The fraction of sp³-hybridized carbons (Fsp3) is 0.692. The van der Waals surface area contributed by atoms with Crippen molar-refractivity contribution in [3.05, 3.63) is 17.0 Å². The van der Waals surface area contributed by atoms with Crippen molar-refractivity contribution in [2.45, 2.75) is 40.7 Å². The maximum Gasteiger partial charge on any atom is 0.0697 e. The van der Waals surface area contributed by atoms with Crippen molar-refractivity contribution in [3.8, 4) is 6.07 Å². The molecule has 1 aromatic rings. The molecular formula is C13H22N4. The second-order valence-electron chi connectivity index (χ2n) is 5.31. The summed E-state index contributed by atoms with van der Waals surface area (Å²) in [6.45, 7) is 10.8. The zero-order chi connectivity index (χ0) is 13.2. The summed E-state index contributed by atoms with van der Waals surface area (Å²) in [7, 11) is 1.96. The number of nitriles is 1. The van der Waals surface area contributed by atoms with E-state index >= 15 is 0 Å². The van der Waals surface area contributed by atoms with E-state index in [1.165, 1.54) is 11.3 Å². The first-order chi connectivity index (χ1) is 7.78. The minimum absolute atomic E-state index is 0.219. The van der Waals surface area contributed by atoms with E-state index in [1.807, 2.05) is 32.5 Å². The van der Waals surface area contributed by atoms with Gasteiger partial charge < -0.3 is 5.32 Å². The molecule has 0 aliphatic carbocycles. The monoisotopic (exact) mass is 234 g/mol.